The summed E-state index contributed by atoms with van der Waals surface area (Å²) in [5.74, 6) is 0. The summed E-state index contributed by atoms with van der Waals surface area (Å²) in [4.78, 5) is 0. The minimum Gasteiger partial charge on any atom is -0.267 e. The lowest BCUT2D eigenvalue weighted by Gasteiger charge is -2.26. The van der Waals surface area contributed by atoms with Crippen LogP contribution in [0, 0.1) is 0 Å². The highest BCUT2D eigenvalue weighted by Gasteiger charge is 2.30. The van der Waals surface area contributed by atoms with Gasteiger partial charge in [-0.05, 0) is 25.7 Å². The van der Waals surface area contributed by atoms with E-state index in [1.165, 1.54) is 6.26 Å². The standard InChI is InChI=1S/C8H16O5S2/c1-14(9,10)8-5-3-4-7(6-8)13-15(2,11)12/h7-8H,3-6H2,1-2H3/t7-,8+/m0/s1. The predicted octanol–water partition coefficient (Wildman–Crippen LogP) is 0.318. The summed E-state index contributed by atoms with van der Waals surface area (Å²) < 4.78 is 49.2. The molecule has 1 aliphatic carbocycles. The van der Waals surface area contributed by atoms with E-state index in [0.717, 1.165) is 6.26 Å². The summed E-state index contributed by atoms with van der Waals surface area (Å²) in [6, 6.07) is 0. The van der Waals surface area contributed by atoms with Crippen molar-refractivity contribution in [2.45, 2.75) is 37.0 Å². The van der Waals surface area contributed by atoms with Crippen molar-refractivity contribution < 1.29 is 21.0 Å². The van der Waals surface area contributed by atoms with Crippen LogP contribution in [0.4, 0.5) is 0 Å². The van der Waals surface area contributed by atoms with Crippen LogP contribution in [-0.2, 0) is 24.1 Å². The number of hydrogen-bond acceptors (Lipinski definition) is 5. The fourth-order valence-electron chi connectivity index (χ4n) is 1.83. The smallest absolute Gasteiger partial charge is 0.264 e. The summed E-state index contributed by atoms with van der Waals surface area (Å²) in [5, 5.41) is -0.460. The van der Waals surface area contributed by atoms with Gasteiger partial charge in [-0.1, -0.05) is 0 Å². The van der Waals surface area contributed by atoms with Crippen LogP contribution in [0.15, 0.2) is 0 Å². The van der Waals surface area contributed by atoms with Crippen molar-refractivity contribution in [1.29, 1.82) is 0 Å². The molecule has 0 heterocycles. The van der Waals surface area contributed by atoms with Crippen molar-refractivity contribution in [3.8, 4) is 0 Å². The molecule has 0 unspecified atom stereocenters. The lowest BCUT2D eigenvalue weighted by molar-refractivity contribution is 0.165. The first kappa shape index (κ1) is 12.9. The van der Waals surface area contributed by atoms with Crippen molar-refractivity contribution in [1.82, 2.24) is 0 Å². The molecule has 1 saturated carbocycles. The molecule has 2 atom stereocenters. The Morgan fingerprint density at radius 1 is 1.07 bits per heavy atom. The van der Waals surface area contributed by atoms with E-state index in [-0.39, 0.29) is 6.42 Å². The average molecular weight is 256 g/mol. The van der Waals surface area contributed by atoms with Crippen molar-refractivity contribution in [3.63, 3.8) is 0 Å². The Morgan fingerprint density at radius 2 is 1.67 bits per heavy atom. The lowest BCUT2D eigenvalue weighted by Crippen LogP contribution is -2.32. The van der Waals surface area contributed by atoms with Crippen LogP contribution in [0.25, 0.3) is 0 Å². The van der Waals surface area contributed by atoms with Gasteiger partial charge in [-0.2, -0.15) is 8.42 Å². The Kier molecular flexibility index (Phi) is 3.78. The van der Waals surface area contributed by atoms with Gasteiger partial charge in [0.15, 0.2) is 0 Å². The zero-order valence-corrected chi connectivity index (χ0v) is 10.5. The van der Waals surface area contributed by atoms with Crippen LogP contribution in [0.5, 0.6) is 0 Å². The molecule has 0 spiro atoms. The van der Waals surface area contributed by atoms with Crippen molar-refractivity contribution in [2.75, 3.05) is 12.5 Å². The summed E-state index contributed by atoms with van der Waals surface area (Å²) in [7, 11) is -6.58. The molecule has 15 heavy (non-hydrogen) atoms. The quantitative estimate of drug-likeness (QED) is 0.679. The number of sulfone groups is 1. The van der Waals surface area contributed by atoms with Gasteiger partial charge in [0.1, 0.15) is 9.84 Å². The van der Waals surface area contributed by atoms with Crippen LogP contribution in [0.1, 0.15) is 25.7 Å². The molecule has 5 nitrogen and oxygen atoms in total. The van der Waals surface area contributed by atoms with E-state index in [2.05, 4.69) is 0 Å². The van der Waals surface area contributed by atoms with E-state index in [9.17, 15) is 16.8 Å². The van der Waals surface area contributed by atoms with E-state index in [1.807, 2.05) is 0 Å². The van der Waals surface area contributed by atoms with Crippen LogP contribution >= 0.6 is 0 Å². The summed E-state index contributed by atoms with van der Waals surface area (Å²) in [6.45, 7) is 0. The first-order valence-electron chi connectivity index (χ1n) is 4.75. The molecule has 1 aliphatic rings. The zero-order chi connectivity index (χ0) is 11.7. The fourth-order valence-corrected chi connectivity index (χ4v) is 3.65. The minimum atomic E-state index is -3.49. The first-order chi connectivity index (χ1) is 6.68. The van der Waals surface area contributed by atoms with Crippen molar-refractivity contribution >= 4 is 20.0 Å². The first-order valence-corrected chi connectivity index (χ1v) is 8.53. The molecule has 0 saturated heterocycles. The fraction of sp³-hybridized carbons (Fsp3) is 1.00. The highest BCUT2D eigenvalue weighted by Crippen LogP contribution is 2.26. The molecule has 0 radical (unpaired) electrons. The van der Waals surface area contributed by atoms with Crippen LogP contribution in [0.2, 0.25) is 0 Å². The van der Waals surface area contributed by atoms with Gasteiger partial charge in [0.05, 0.1) is 17.6 Å². The van der Waals surface area contributed by atoms with E-state index < -0.39 is 31.3 Å². The second-order valence-electron chi connectivity index (χ2n) is 4.04. The third-order valence-electron chi connectivity index (χ3n) is 2.49. The van der Waals surface area contributed by atoms with Gasteiger partial charge in [0.25, 0.3) is 10.1 Å². The van der Waals surface area contributed by atoms with E-state index in [1.54, 1.807) is 0 Å². The molecule has 1 fully saturated rings. The molecular formula is C8H16O5S2. The molecule has 0 aromatic heterocycles. The van der Waals surface area contributed by atoms with Crippen LogP contribution < -0.4 is 0 Å². The van der Waals surface area contributed by atoms with E-state index in [0.29, 0.717) is 19.3 Å². The maximum Gasteiger partial charge on any atom is 0.264 e. The summed E-state index contributed by atoms with van der Waals surface area (Å²) in [6.07, 6.45) is 3.87. The minimum absolute atomic E-state index is 0.284. The second-order valence-corrected chi connectivity index (χ2v) is 7.97. The largest absolute Gasteiger partial charge is 0.267 e. The predicted molar refractivity (Wildman–Crippen MR) is 56.8 cm³/mol. The second kappa shape index (κ2) is 4.39. The molecule has 0 aromatic rings. The summed E-state index contributed by atoms with van der Waals surface area (Å²) >= 11 is 0. The molecule has 0 aromatic carbocycles. The molecule has 7 heteroatoms. The molecule has 90 valence electrons. The van der Waals surface area contributed by atoms with Gasteiger partial charge in [-0.25, -0.2) is 8.42 Å². The highest BCUT2D eigenvalue weighted by molar-refractivity contribution is 7.91. The van der Waals surface area contributed by atoms with Gasteiger partial charge in [0.2, 0.25) is 0 Å². The van der Waals surface area contributed by atoms with E-state index >= 15 is 0 Å². The molecule has 0 N–H and O–H groups in total. The SMILES string of the molecule is CS(=O)(=O)O[C@H]1CCC[C@@H](S(C)(=O)=O)C1. The monoisotopic (exact) mass is 256 g/mol. The topological polar surface area (TPSA) is 77.5 Å². The van der Waals surface area contributed by atoms with E-state index in [4.69, 9.17) is 4.18 Å². The van der Waals surface area contributed by atoms with Crippen molar-refractivity contribution in [2.24, 2.45) is 0 Å². The maximum absolute atomic E-state index is 11.3. The molecular weight excluding hydrogens is 240 g/mol. The lowest BCUT2D eigenvalue weighted by atomic mass is 9.97. The maximum atomic E-state index is 11.3. The van der Waals surface area contributed by atoms with Gasteiger partial charge in [-0.15, -0.1) is 0 Å². The van der Waals surface area contributed by atoms with Crippen LogP contribution in [-0.4, -0.2) is 40.7 Å². The number of rotatable bonds is 3. The van der Waals surface area contributed by atoms with Gasteiger partial charge >= 0.3 is 0 Å². The zero-order valence-electron chi connectivity index (χ0n) is 8.84. The Bertz CT molecular complexity index is 408. The Balaban J connectivity index is 2.65. The third-order valence-corrected chi connectivity index (χ3v) is 4.76. The van der Waals surface area contributed by atoms with Gasteiger partial charge in [-0.3, -0.25) is 4.18 Å². The highest BCUT2D eigenvalue weighted by atomic mass is 32.2. The third kappa shape index (κ3) is 4.48. The van der Waals surface area contributed by atoms with Crippen LogP contribution in [0.3, 0.4) is 0 Å². The average Bonchev–Trinajstić information content (AvgIpc) is 1.99. The van der Waals surface area contributed by atoms with Gasteiger partial charge < -0.3 is 0 Å². The molecule has 0 amide bonds. The molecule has 0 aliphatic heterocycles. The van der Waals surface area contributed by atoms with Gasteiger partial charge in [0, 0.05) is 6.26 Å². The molecule has 0 bridgehead atoms. The number of hydrogen-bond donors (Lipinski definition) is 0. The Morgan fingerprint density at radius 3 is 2.13 bits per heavy atom. The molecule has 1 rings (SSSR count). The van der Waals surface area contributed by atoms with Crippen molar-refractivity contribution in [3.05, 3.63) is 0 Å². The Hall–Kier alpha value is -0.140. The normalized spacial score (nSPS) is 28.9. The Labute approximate surface area is 90.9 Å². The summed E-state index contributed by atoms with van der Waals surface area (Å²) in [5.41, 5.74) is 0.